The summed E-state index contributed by atoms with van der Waals surface area (Å²) in [4.78, 5) is 35.2. The molecule has 7 nitrogen and oxygen atoms in total. The zero-order chi connectivity index (χ0) is 18.9. The van der Waals surface area contributed by atoms with E-state index in [4.69, 9.17) is 11.5 Å². The maximum atomic E-state index is 12.1. The first-order chi connectivity index (χ1) is 12.5. The van der Waals surface area contributed by atoms with Crippen LogP contribution in [0.1, 0.15) is 48.9 Å². The molecule has 0 aliphatic heterocycles. The Bertz CT molecular complexity index is 641. The van der Waals surface area contributed by atoms with Crippen molar-refractivity contribution >= 4 is 23.4 Å². The van der Waals surface area contributed by atoms with E-state index in [9.17, 15) is 14.4 Å². The Labute approximate surface area is 153 Å². The van der Waals surface area contributed by atoms with Crippen molar-refractivity contribution in [2.75, 3.05) is 11.9 Å². The molecule has 1 aromatic rings. The molecule has 7 heteroatoms. The average Bonchev–Trinajstić information content (AvgIpc) is 2.64. The van der Waals surface area contributed by atoms with Crippen LogP contribution < -0.4 is 22.1 Å². The van der Waals surface area contributed by atoms with Gasteiger partial charge in [-0.2, -0.15) is 0 Å². The third-order valence-electron chi connectivity index (χ3n) is 4.71. The van der Waals surface area contributed by atoms with Crippen molar-refractivity contribution in [1.29, 1.82) is 0 Å². The number of hydrogen-bond acceptors (Lipinski definition) is 4. The van der Waals surface area contributed by atoms with E-state index in [0.717, 1.165) is 19.3 Å². The van der Waals surface area contributed by atoms with Gasteiger partial charge in [-0.3, -0.25) is 14.4 Å². The highest BCUT2D eigenvalue weighted by atomic mass is 16.2. The maximum Gasteiger partial charge on any atom is 0.250 e. The second kappa shape index (κ2) is 9.79. The molecule has 26 heavy (non-hydrogen) atoms. The lowest BCUT2D eigenvalue weighted by molar-refractivity contribution is -0.125. The van der Waals surface area contributed by atoms with E-state index in [1.54, 1.807) is 30.7 Å². The predicted octanol–water partition coefficient (Wildman–Crippen LogP) is 1.34. The largest absolute Gasteiger partial charge is 0.382 e. The number of amides is 3. The Morgan fingerprint density at radius 2 is 1.81 bits per heavy atom. The first-order valence-corrected chi connectivity index (χ1v) is 9.03. The fraction of sp³-hybridized carbons (Fsp3) is 0.474. The molecule has 1 atom stereocenters. The minimum atomic E-state index is -0.883. The first-order valence-electron chi connectivity index (χ1n) is 9.03. The van der Waals surface area contributed by atoms with Crippen LogP contribution in [0.15, 0.2) is 24.3 Å². The number of carbonyl (C=O) groups excluding carboxylic acids is 3. The zero-order valence-electron chi connectivity index (χ0n) is 14.9. The Kier molecular flexibility index (Phi) is 7.44. The molecule has 0 bridgehead atoms. The molecule has 0 heterocycles. The van der Waals surface area contributed by atoms with Gasteiger partial charge in [0.1, 0.15) is 6.04 Å². The SMILES string of the molecule is NC(=O)c1ccccc1NC[C@H](NC(=O)[CH]CC1CCCCC1)C(N)=O. The Morgan fingerprint density at radius 3 is 2.46 bits per heavy atom. The van der Waals surface area contributed by atoms with E-state index in [1.807, 2.05) is 0 Å². The minimum Gasteiger partial charge on any atom is -0.382 e. The van der Waals surface area contributed by atoms with Crippen molar-refractivity contribution < 1.29 is 14.4 Å². The average molecular weight is 359 g/mol. The molecule has 3 amide bonds. The summed E-state index contributed by atoms with van der Waals surface area (Å²) in [6.45, 7) is 0.0721. The molecule has 0 saturated heterocycles. The van der Waals surface area contributed by atoms with E-state index in [1.165, 1.54) is 19.3 Å². The van der Waals surface area contributed by atoms with Crippen molar-refractivity contribution in [2.45, 2.75) is 44.6 Å². The molecule has 1 radical (unpaired) electrons. The second-order valence-electron chi connectivity index (χ2n) is 6.70. The molecule has 1 aliphatic carbocycles. The third-order valence-corrected chi connectivity index (χ3v) is 4.71. The van der Waals surface area contributed by atoms with Crippen LogP contribution in [0, 0.1) is 12.3 Å². The predicted molar refractivity (Wildman–Crippen MR) is 100 cm³/mol. The van der Waals surface area contributed by atoms with Gasteiger partial charge in [0.25, 0.3) is 5.91 Å². The summed E-state index contributed by atoms with van der Waals surface area (Å²) in [5.74, 6) is -0.978. The van der Waals surface area contributed by atoms with Gasteiger partial charge in [-0.25, -0.2) is 0 Å². The van der Waals surface area contributed by atoms with Crippen LogP contribution >= 0.6 is 0 Å². The third kappa shape index (κ3) is 6.06. The Balaban J connectivity index is 1.85. The van der Waals surface area contributed by atoms with Gasteiger partial charge in [-0.05, 0) is 24.5 Å². The van der Waals surface area contributed by atoms with Crippen molar-refractivity contribution in [3.8, 4) is 0 Å². The molecular weight excluding hydrogens is 332 g/mol. The topological polar surface area (TPSA) is 127 Å². The lowest BCUT2D eigenvalue weighted by atomic mass is 9.86. The van der Waals surface area contributed by atoms with Gasteiger partial charge in [-0.15, -0.1) is 0 Å². The normalized spacial score (nSPS) is 15.8. The molecule has 0 spiro atoms. The van der Waals surface area contributed by atoms with Crippen LogP contribution in [-0.2, 0) is 9.59 Å². The Hall–Kier alpha value is -2.57. The van der Waals surface area contributed by atoms with E-state index in [0.29, 0.717) is 17.2 Å². The second-order valence-corrected chi connectivity index (χ2v) is 6.70. The number of carbonyl (C=O) groups is 3. The number of anilines is 1. The highest BCUT2D eigenvalue weighted by molar-refractivity contribution is 5.98. The smallest absolute Gasteiger partial charge is 0.250 e. The summed E-state index contributed by atoms with van der Waals surface area (Å²) >= 11 is 0. The summed E-state index contributed by atoms with van der Waals surface area (Å²) in [6, 6.07) is 5.81. The number of primary amides is 2. The number of benzene rings is 1. The van der Waals surface area contributed by atoms with E-state index in [2.05, 4.69) is 10.6 Å². The summed E-state index contributed by atoms with van der Waals surface area (Å²) in [5, 5.41) is 5.58. The van der Waals surface area contributed by atoms with Gasteiger partial charge in [0, 0.05) is 18.7 Å². The summed E-state index contributed by atoms with van der Waals surface area (Å²) in [5.41, 5.74) is 11.5. The van der Waals surface area contributed by atoms with Crippen molar-refractivity contribution in [3.63, 3.8) is 0 Å². The highest BCUT2D eigenvalue weighted by Gasteiger charge is 2.20. The number of para-hydroxylation sites is 1. The monoisotopic (exact) mass is 359 g/mol. The van der Waals surface area contributed by atoms with Crippen molar-refractivity contribution in [1.82, 2.24) is 5.32 Å². The minimum absolute atomic E-state index is 0.0721. The maximum absolute atomic E-state index is 12.1. The molecule has 1 aliphatic rings. The number of rotatable bonds is 9. The van der Waals surface area contributed by atoms with Crippen molar-refractivity contribution in [2.24, 2.45) is 17.4 Å². The molecule has 0 aromatic heterocycles. The van der Waals surface area contributed by atoms with E-state index < -0.39 is 17.9 Å². The summed E-state index contributed by atoms with van der Waals surface area (Å²) < 4.78 is 0. The van der Waals surface area contributed by atoms with E-state index >= 15 is 0 Å². The molecule has 1 saturated carbocycles. The Morgan fingerprint density at radius 1 is 1.12 bits per heavy atom. The van der Waals surface area contributed by atoms with Gasteiger partial charge in [-0.1, -0.05) is 44.2 Å². The quantitative estimate of drug-likeness (QED) is 0.530. The highest BCUT2D eigenvalue weighted by Crippen LogP contribution is 2.26. The van der Waals surface area contributed by atoms with Crippen LogP contribution in [0.4, 0.5) is 5.69 Å². The molecule has 141 valence electrons. The van der Waals surface area contributed by atoms with Gasteiger partial charge in [0.05, 0.1) is 5.56 Å². The van der Waals surface area contributed by atoms with Gasteiger partial charge in [0.15, 0.2) is 0 Å². The van der Waals surface area contributed by atoms with Crippen LogP contribution in [0.3, 0.4) is 0 Å². The van der Waals surface area contributed by atoms with E-state index in [-0.39, 0.29) is 12.5 Å². The molecule has 1 fully saturated rings. The number of nitrogens with two attached hydrogens (primary N) is 2. The number of nitrogens with one attached hydrogen (secondary N) is 2. The molecule has 1 aromatic carbocycles. The molecule has 2 rings (SSSR count). The lowest BCUT2D eigenvalue weighted by Crippen LogP contribution is -2.48. The molecular formula is C19H27N4O3. The van der Waals surface area contributed by atoms with Crippen LogP contribution in [0.2, 0.25) is 0 Å². The zero-order valence-corrected chi connectivity index (χ0v) is 14.9. The fourth-order valence-corrected chi connectivity index (χ4v) is 3.21. The fourth-order valence-electron chi connectivity index (χ4n) is 3.21. The lowest BCUT2D eigenvalue weighted by Gasteiger charge is -2.22. The van der Waals surface area contributed by atoms with Crippen molar-refractivity contribution in [3.05, 3.63) is 36.2 Å². The van der Waals surface area contributed by atoms with Crippen LogP contribution in [0.5, 0.6) is 0 Å². The molecule has 0 unspecified atom stereocenters. The van der Waals surface area contributed by atoms with Crippen LogP contribution in [0.25, 0.3) is 0 Å². The van der Waals surface area contributed by atoms with Gasteiger partial charge >= 0.3 is 0 Å². The summed E-state index contributed by atoms with van der Waals surface area (Å²) in [7, 11) is 0. The number of hydrogen-bond donors (Lipinski definition) is 4. The molecule has 6 N–H and O–H groups in total. The van der Waals surface area contributed by atoms with Gasteiger partial charge < -0.3 is 22.1 Å². The summed E-state index contributed by atoms with van der Waals surface area (Å²) in [6.07, 6.45) is 8.31. The standard InChI is InChI=1S/C19H27N4O3/c20-18(25)14-8-4-5-9-15(14)22-12-16(19(21)26)23-17(24)11-10-13-6-2-1-3-7-13/h4-5,8-9,11,13,16,22H,1-3,6-7,10,12H2,(H2,20,25)(H2,21,26)(H,23,24)/t16-/m0/s1. The van der Waals surface area contributed by atoms with Crippen LogP contribution in [-0.4, -0.2) is 30.3 Å². The first kappa shape index (κ1) is 19.8. The van der Waals surface area contributed by atoms with Gasteiger partial charge in [0.2, 0.25) is 11.8 Å².